The van der Waals surface area contributed by atoms with Crippen molar-refractivity contribution in [1.82, 2.24) is 14.5 Å². The number of hydrogen-bond acceptors (Lipinski definition) is 2. The number of amides is 1. The van der Waals surface area contributed by atoms with Crippen molar-refractivity contribution >= 4 is 5.91 Å². The van der Waals surface area contributed by atoms with Gasteiger partial charge in [0.05, 0.1) is 11.6 Å². The molecule has 0 aliphatic carbocycles. The van der Waals surface area contributed by atoms with Crippen LogP contribution in [0.15, 0.2) is 30.6 Å². The summed E-state index contributed by atoms with van der Waals surface area (Å²) in [6.07, 6.45) is 5.70. The van der Waals surface area contributed by atoms with E-state index in [1.54, 1.807) is 12.4 Å². The number of hydrogen-bond donors (Lipinski definition) is 0. The Morgan fingerprint density at radius 1 is 1.32 bits per heavy atom. The third kappa shape index (κ3) is 2.43. The Labute approximate surface area is 131 Å². The van der Waals surface area contributed by atoms with E-state index in [0.717, 1.165) is 42.9 Å². The number of nitrogens with zero attached hydrogens (tertiary/aromatic N) is 3. The van der Waals surface area contributed by atoms with Crippen molar-refractivity contribution in [3.05, 3.63) is 53.1 Å². The van der Waals surface area contributed by atoms with Crippen molar-refractivity contribution in [3.63, 3.8) is 0 Å². The van der Waals surface area contributed by atoms with Crippen LogP contribution < -0.4 is 0 Å². The molecule has 1 fully saturated rings. The number of carbonyl (C=O) groups is 1. The zero-order valence-corrected chi connectivity index (χ0v) is 13.5. The summed E-state index contributed by atoms with van der Waals surface area (Å²) in [5.74, 6) is 0.159. The van der Waals surface area contributed by atoms with E-state index >= 15 is 0 Å². The maximum Gasteiger partial charge on any atom is 0.256 e. The quantitative estimate of drug-likeness (QED) is 0.869. The summed E-state index contributed by atoms with van der Waals surface area (Å²) in [5.41, 5.74) is 4.26. The van der Waals surface area contributed by atoms with E-state index in [0.29, 0.717) is 0 Å². The normalized spacial score (nSPS) is 18.0. The average Bonchev–Trinajstić information content (AvgIpc) is 3.12. The first-order valence-electron chi connectivity index (χ1n) is 8.01. The summed E-state index contributed by atoms with van der Waals surface area (Å²) in [4.78, 5) is 19.1. The minimum atomic E-state index is 0.159. The van der Waals surface area contributed by atoms with Crippen LogP contribution in [-0.2, 0) is 6.54 Å². The van der Waals surface area contributed by atoms with E-state index in [1.807, 2.05) is 30.0 Å². The number of likely N-dealkylation sites (tertiary alicyclic amines) is 1. The standard InChI is InChI=1S/C18H23N3O/c1-4-20-13(2)12-16(14(20)3)18(22)21-11-5-6-17(21)15-7-9-19-10-8-15/h7-10,12,17H,4-6,11H2,1-3H3/t17-/m1/s1. The van der Waals surface area contributed by atoms with Gasteiger partial charge < -0.3 is 9.47 Å². The SMILES string of the molecule is CCn1c(C)cc(C(=O)N2CCC[C@@H]2c2ccncc2)c1C. The molecule has 0 radical (unpaired) electrons. The van der Waals surface area contributed by atoms with Crippen LogP contribution in [0.25, 0.3) is 0 Å². The number of carbonyl (C=O) groups excluding carboxylic acids is 1. The molecule has 0 saturated carbocycles. The highest BCUT2D eigenvalue weighted by atomic mass is 16.2. The molecule has 0 N–H and O–H groups in total. The first kappa shape index (κ1) is 14.8. The van der Waals surface area contributed by atoms with Gasteiger partial charge in [0.2, 0.25) is 0 Å². The largest absolute Gasteiger partial charge is 0.349 e. The van der Waals surface area contributed by atoms with Crippen LogP contribution >= 0.6 is 0 Å². The van der Waals surface area contributed by atoms with Gasteiger partial charge in [0.1, 0.15) is 0 Å². The lowest BCUT2D eigenvalue weighted by Crippen LogP contribution is -2.30. The third-order valence-corrected chi connectivity index (χ3v) is 4.72. The summed E-state index contributed by atoms with van der Waals surface area (Å²) >= 11 is 0. The molecule has 0 bridgehead atoms. The van der Waals surface area contributed by atoms with Crippen molar-refractivity contribution in [1.29, 1.82) is 0 Å². The van der Waals surface area contributed by atoms with Gasteiger partial charge in [0.25, 0.3) is 5.91 Å². The maximum atomic E-state index is 13.0. The van der Waals surface area contributed by atoms with Gasteiger partial charge in [-0.15, -0.1) is 0 Å². The van der Waals surface area contributed by atoms with E-state index < -0.39 is 0 Å². The Morgan fingerprint density at radius 3 is 2.68 bits per heavy atom. The third-order valence-electron chi connectivity index (χ3n) is 4.72. The summed E-state index contributed by atoms with van der Waals surface area (Å²) in [6, 6.07) is 6.25. The van der Waals surface area contributed by atoms with Crippen LogP contribution in [-0.4, -0.2) is 26.9 Å². The second-order valence-electron chi connectivity index (χ2n) is 5.97. The molecule has 1 amide bonds. The molecule has 4 heteroatoms. The van der Waals surface area contributed by atoms with E-state index in [1.165, 1.54) is 5.56 Å². The van der Waals surface area contributed by atoms with E-state index in [4.69, 9.17) is 0 Å². The van der Waals surface area contributed by atoms with Crippen LogP contribution in [0.1, 0.15) is 53.1 Å². The van der Waals surface area contributed by atoms with Gasteiger partial charge in [0.15, 0.2) is 0 Å². The molecule has 0 unspecified atom stereocenters. The van der Waals surface area contributed by atoms with Gasteiger partial charge in [-0.2, -0.15) is 0 Å². The molecule has 116 valence electrons. The zero-order chi connectivity index (χ0) is 15.7. The highest BCUT2D eigenvalue weighted by Crippen LogP contribution is 2.33. The van der Waals surface area contributed by atoms with Gasteiger partial charge in [-0.05, 0) is 57.4 Å². The molecule has 3 heterocycles. The van der Waals surface area contributed by atoms with Gasteiger partial charge in [0, 0.05) is 36.9 Å². The molecule has 3 rings (SSSR count). The lowest BCUT2D eigenvalue weighted by molar-refractivity contribution is 0.0734. The highest BCUT2D eigenvalue weighted by molar-refractivity contribution is 5.96. The Hall–Kier alpha value is -2.10. The smallest absolute Gasteiger partial charge is 0.256 e. The molecule has 4 nitrogen and oxygen atoms in total. The minimum Gasteiger partial charge on any atom is -0.349 e. The molecular weight excluding hydrogens is 274 g/mol. The molecule has 0 spiro atoms. The summed E-state index contributed by atoms with van der Waals surface area (Å²) < 4.78 is 2.20. The lowest BCUT2D eigenvalue weighted by atomic mass is 10.1. The summed E-state index contributed by atoms with van der Waals surface area (Å²) in [7, 11) is 0. The van der Waals surface area contributed by atoms with Crippen LogP contribution in [0.5, 0.6) is 0 Å². The average molecular weight is 297 g/mol. The van der Waals surface area contributed by atoms with Gasteiger partial charge >= 0.3 is 0 Å². The van der Waals surface area contributed by atoms with Crippen molar-refractivity contribution in [2.75, 3.05) is 6.54 Å². The topological polar surface area (TPSA) is 38.1 Å². The minimum absolute atomic E-state index is 0.159. The highest BCUT2D eigenvalue weighted by Gasteiger charge is 2.32. The van der Waals surface area contributed by atoms with Crippen molar-refractivity contribution in [2.45, 2.75) is 46.2 Å². The Bertz CT molecular complexity index is 675. The Morgan fingerprint density at radius 2 is 2.05 bits per heavy atom. The second-order valence-corrected chi connectivity index (χ2v) is 5.97. The van der Waals surface area contributed by atoms with E-state index in [-0.39, 0.29) is 11.9 Å². The number of rotatable bonds is 3. The molecule has 2 aromatic heterocycles. The molecule has 1 atom stereocenters. The molecule has 1 aliphatic heterocycles. The summed E-state index contributed by atoms with van der Waals surface area (Å²) in [6.45, 7) is 7.96. The van der Waals surface area contributed by atoms with Gasteiger partial charge in [-0.1, -0.05) is 0 Å². The van der Waals surface area contributed by atoms with Gasteiger partial charge in [-0.25, -0.2) is 0 Å². The van der Waals surface area contributed by atoms with E-state index in [9.17, 15) is 4.79 Å². The van der Waals surface area contributed by atoms with Crippen LogP contribution in [0.4, 0.5) is 0 Å². The number of pyridine rings is 1. The maximum absolute atomic E-state index is 13.0. The number of aromatic nitrogens is 2. The predicted molar refractivity (Wildman–Crippen MR) is 86.8 cm³/mol. The van der Waals surface area contributed by atoms with E-state index in [2.05, 4.69) is 23.4 Å². The molecule has 1 saturated heterocycles. The first-order valence-corrected chi connectivity index (χ1v) is 8.01. The number of aryl methyl sites for hydroxylation is 1. The molecule has 2 aromatic rings. The molecule has 0 aromatic carbocycles. The Kier molecular flexibility index (Phi) is 4.01. The first-order chi connectivity index (χ1) is 10.6. The van der Waals surface area contributed by atoms with Crippen molar-refractivity contribution < 1.29 is 4.79 Å². The molecule has 1 aliphatic rings. The fourth-order valence-electron chi connectivity index (χ4n) is 3.60. The molecule has 22 heavy (non-hydrogen) atoms. The Balaban J connectivity index is 1.91. The lowest BCUT2D eigenvalue weighted by Gasteiger charge is -2.25. The monoisotopic (exact) mass is 297 g/mol. The van der Waals surface area contributed by atoms with Gasteiger partial charge in [-0.3, -0.25) is 9.78 Å². The van der Waals surface area contributed by atoms with Crippen LogP contribution in [0.2, 0.25) is 0 Å². The van der Waals surface area contributed by atoms with Crippen molar-refractivity contribution in [3.8, 4) is 0 Å². The summed E-state index contributed by atoms with van der Waals surface area (Å²) in [5, 5.41) is 0. The van der Waals surface area contributed by atoms with Crippen molar-refractivity contribution in [2.24, 2.45) is 0 Å². The fourth-order valence-corrected chi connectivity index (χ4v) is 3.60. The van der Waals surface area contributed by atoms with Crippen LogP contribution in [0, 0.1) is 13.8 Å². The predicted octanol–water partition coefficient (Wildman–Crippen LogP) is 3.50. The fraction of sp³-hybridized carbons (Fsp3) is 0.444. The van der Waals surface area contributed by atoms with Crippen LogP contribution in [0.3, 0.4) is 0 Å². The zero-order valence-electron chi connectivity index (χ0n) is 13.5. The second kappa shape index (κ2) is 5.95. The molecular formula is C18H23N3O.